The Kier molecular flexibility index (Phi) is 4.27. The van der Waals surface area contributed by atoms with Crippen molar-refractivity contribution in [3.63, 3.8) is 0 Å². The van der Waals surface area contributed by atoms with E-state index in [1.807, 2.05) is 20.8 Å². The van der Waals surface area contributed by atoms with Gasteiger partial charge in [0.05, 0.1) is 11.6 Å². The summed E-state index contributed by atoms with van der Waals surface area (Å²) in [6, 6.07) is 4.81. The number of anilines is 1. The lowest BCUT2D eigenvalue weighted by Crippen LogP contribution is -2.62. The highest BCUT2D eigenvalue weighted by molar-refractivity contribution is 9.10. The fourth-order valence-corrected chi connectivity index (χ4v) is 2.80. The predicted octanol–water partition coefficient (Wildman–Crippen LogP) is 2.34. The van der Waals surface area contributed by atoms with E-state index in [1.165, 1.54) is 4.90 Å². The standard InChI is InChI=1S/C15H19BrN2O3/c1-15(2,3)13-14(20)18(8-12(19)17-13)9-5-6-11(21-4)10(16)7-9/h5-7,13H,8H2,1-4H3,(H,17,19). The number of piperazine rings is 1. The highest BCUT2D eigenvalue weighted by Gasteiger charge is 2.40. The summed E-state index contributed by atoms with van der Waals surface area (Å²) in [5.74, 6) is 0.431. The molecule has 0 aromatic heterocycles. The summed E-state index contributed by atoms with van der Waals surface area (Å²) in [5.41, 5.74) is 0.339. The lowest BCUT2D eigenvalue weighted by Gasteiger charge is -2.38. The number of hydrogen-bond donors (Lipinski definition) is 1. The molecule has 1 atom stereocenters. The predicted molar refractivity (Wildman–Crippen MR) is 84.4 cm³/mol. The summed E-state index contributed by atoms with van der Waals surface area (Å²) in [6.07, 6.45) is 0. The van der Waals surface area contributed by atoms with Crippen LogP contribution in [0.25, 0.3) is 0 Å². The molecule has 0 bridgehead atoms. The summed E-state index contributed by atoms with van der Waals surface area (Å²) in [5, 5.41) is 2.78. The van der Waals surface area contributed by atoms with Crippen molar-refractivity contribution in [2.24, 2.45) is 5.41 Å². The summed E-state index contributed by atoms with van der Waals surface area (Å²) in [4.78, 5) is 26.1. The number of rotatable bonds is 2. The van der Waals surface area contributed by atoms with Crippen LogP contribution in [0.15, 0.2) is 22.7 Å². The number of ether oxygens (including phenoxy) is 1. The number of carbonyl (C=O) groups excluding carboxylic acids is 2. The molecule has 2 rings (SSSR count). The van der Waals surface area contributed by atoms with Gasteiger partial charge in [0.25, 0.3) is 5.91 Å². The summed E-state index contributed by atoms with van der Waals surface area (Å²) in [6.45, 7) is 5.83. The van der Waals surface area contributed by atoms with E-state index in [1.54, 1.807) is 25.3 Å². The molecule has 6 heteroatoms. The Hall–Kier alpha value is -1.56. The van der Waals surface area contributed by atoms with Crippen molar-refractivity contribution in [2.45, 2.75) is 26.8 Å². The second kappa shape index (κ2) is 5.67. The Labute approximate surface area is 132 Å². The molecule has 0 radical (unpaired) electrons. The Bertz CT molecular complexity index is 581. The fraction of sp³-hybridized carbons (Fsp3) is 0.467. The third kappa shape index (κ3) is 3.20. The van der Waals surface area contributed by atoms with E-state index in [9.17, 15) is 9.59 Å². The van der Waals surface area contributed by atoms with Gasteiger partial charge in [-0.05, 0) is 39.5 Å². The minimum absolute atomic E-state index is 0.0319. The van der Waals surface area contributed by atoms with Gasteiger partial charge in [0.1, 0.15) is 18.3 Å². The molecule has 114 valence electrons. The van der Waals surface area contributed by atoms with E-state index < -0.39 is 6.04 Å². The van der Waals surface area contributed by atoms with E-state index in [0.717, 1.165) is 4.47 Å². The zero-order chi connectivity index (χ0) is 15.8. The molecule has 1 aliphatic heterocycles. The molecule has 5 nitrogen and oxygen atoms in total. The highest BCUT2D eigenvalue weighted by Crippen LogP contribution is 2.32. The smallest absolute Gasteiger partial charge is 0.250 e. The Balaban J connectivity index is 2.36. The second-order valence-electron chi connectivity index (χ2n) is 6.11. The maximum atomic E-state index is 12.6. The van der Waals surface area contributed by atoms with E-state index in [0.29, 0.717) is 11.4 Å². The van der Waals surface area contributed by atoms with Gasteiger partial charge >= 0.3 is 0 Å². The molecule has 2 amide bonds. The van der Waals surface area contributed by atoms with Gasteiger partial charge in [-0.15, -0.1) is 0 Å². The van der Waals surface area contributed by atoms with Crippen LogP contribution in [-0.4, -0.2) is 31.5 Å². The highest BCUT2D eigenvalue weighted by atomic mass is 79.9. The van der Waals surface area contributed by atoms with Gasteiger partial charge in [-0.25, -0.2) is 0 Å². The Morgan fingerprint density at radius 1 is 1.33 bits per heavy atom. The molecular formula is C15H19BrN2O3. The molecule has 1 aromatic rings. The van der Waals surface area contributed by atoms with E-state index in [4.69, 9.17) is 4.74 Å². The quantitative estimate of drug-likeness (QED) is 0.886. The van der Waals surface area contributed by atoms with Crippen LogP contribution in [0.5, 0.6) is 5.75 Å². The fourth-order valence-electron chi connectivity index (χ4n) is 2.27. The number of halogens is 1. The summed E-state index contributed by atoms with van der Waals surface area (Å²) < 4.78 is 5.93. The van der Waals surface area contributed by atoms with E-state index >= 15 is 0 Å². The monoisotopic (exact) mass is 354 g/mol. The number of nitrogens with zero attached hydrogens (tertiary/aromatic N) is 1. The zero-order valence-corrected chi connectivity index (χ0v) is 14.2. The van der Waals surface area contributed by atoms with Crippen molar-refractivity contribution in [1.82, 2.24) is 5.32 Å². The van der Waals surface area contributed by atoms with Crippen LogP contribution in [0.4, 0.5) is 5.69 Å². The van der Waals surface area contributed by atoms with Crippen LogP contribution in [0, 0.1) is 5.41 Å². The molecule has 1 saturated heterocycles. The van der Waals surface area contributed by atoms with Crippen LogP contribution < -0.4 is 15.0 Å². The molecule has 1 aromatic carbocycles. The van der Waals surface area contributed by atoms with Crippen molar-refractivity contribution in [2.75, 3.05) is 18.6 Å². The van der Waals surface area contributed by atoms with E-state index in [-0.39, 0.29) is 23.8 Å². The minimum Gasteiger partial charge on any atom is -0.496 e. The first-order valence-corrected chi connectivity index (χ1v) is 7.47. The molecule has 1 N–H and O–H groups in total. The first kappa shape index (κ1) is 15.8. The molecule has 1 aliphatic rings. The van der Waals surface area contributed by atoms with Gasteiger partial charge in [-0.1, -0.05) is 20.8 Å². The number of benzene rings is 1. The average molecular weight is 355 g/mol. The third-order valence-electron chi connectivity index (χ3n) is 3.43. The SMILES string of the molecule is COc1ccc(N2CC(=O)NC(C(C)(C)C)C2=O)cc1Br. The zero-order valence-electron chi connectivity index (χ0n) is 12.6. The maximum absolute atomic E-state index is 12.6. The van der Waals surface area contributed by atoms with Gasteiger partial charge < -0.3 is 15.0 Å². The number of nitrogens with one attached hydrogen (secondary N) is 1. The second-order valence-corrected chi connectivity index (χ2v) is 6.96. The van der Waals surface area contributed by atoms with Crippen molar-refractivity contribution < 1.29 is 14.3 Å². The summed E-state index contributed by atoms with van der Waals surface area (Å²) >= 11 is 3.40. The molecule has 0 aliphatic carbocycles. The Morgan fingerprint density at radius 3 is 2.52 bits per heavy atom. The van der Waals surface area contributed by atoms with Crippen molar-refractivity contribution in [3.8, 4) is 5.75 Å². The maximum Gasteiger partial charge on any atom is 0.250 e. The van der Waals surface area contributed by atoms with Crippen molar-refractivity contribution >= 4 is 33.4 Å². The van der Waals surface area contributed by atoms with Crippen LogP contribution in [0.3, 0.4) is 0 Å². The topological polar surface area (TPSA) is 58.6 Å². The van der Waals surface area contributed by atoms with Crippen LogP contribution >= 0.6 is 15.9 Å². The third-order valence-corrected chi connectivity index (χ3v) is 4.05. The van der Waals surface area contributed by atoms with Crippen LogP contribution in [-0.2, 0) is 9.59 Å². The van der Waals surface area contributed by atoms with Gasteiger partial charge in [0.15, 0.2) is 0 Å². The van der Waals surface area contributed by atoms with Crippen molar-refractivity contribution in [1.29, 1.82) is 0 Å². The average Bonchev–Trinajstić information content (AvgIpc) is 2.39. The first-order chi connectivity index (χ1) is 9.74. The van der Waals surface area contributed by atoms with E-state index in [2.05, 4.69) is 21.2 Å². The lowest BCUT2D eigenvalue weighted by molar-refractivity contribution is -0.133. The van der Waals surface area contributed by atoms with Crippen LogP contribution in [0.1, 0.15) is 20.8 Å². The molecule has 1 unspecified atom stereocenters. The normalized spacial score (nSPS) is 19.5. The minimum atomic E-state index is -0.528. The largest absolute Gasteiger partial charge is 0.496 e. The first-order valence-electron chi connectivity index (χ1n) is 6.68. The summed E-state index contributed by atoms with van der Waals surface area (Å²) in [7, 11) is 1.58. The molecular weight excluding hydrogens is 336 g/mol. The molecule has 1 heterocycles. The van der Waals surface area contributed by atoms with Gasteiger partial charge in [0, 0.05) is 5.69 Å². The molecule has 1 fully saturated rings. The van der Waals surface area contributed by atoms with Gasteiger partial charge in [0.2, 0.25) is 5.91 Å². The molecule has 0 spiro atoms. The van der Waals surface area contributed by atoms with Gasteiger partial charge in [-0.2, -0.15) is 0 Å². The number of hydrogen-bond acceptors (Lipinski definition) is 3. The number of methoxy groups -OCH3 is 1. The molecule has 0 saturated carbocycles. The van der Waals surface area contributed by atoms with Crippen LogP contribution in [0.2, 0.25) is 0 Å². The van der Waals surface area contributed by atoms with Crippen molar-refractivity contribution in [3.05, 3.63) is 22.7 Å². The number of amides is 2. The number of carbonyl (C=O) groups is 2. The lowest BCUT2D eigenvalue weighted by atomic mass is 9.84. The molecule has 21 heavy (non-hydrogen) atoms. The van der Waals surface area contributed by atoms with Gasteiger partial charge in [-0.3, -0.25) is 9.59 Å². The Morgan fingerprint density at radius 2 is 2.00 bits per heavy atom.